The van der Waals surface area contributed by atoms with Crippen LogP contribution in [0.25, 0.3) is 16.6 Å². The second kappa shape index (κ2) is 11.0. The highest BCUT2D eigenvalue weighted by Crippen LogP contribution is 2.36. The number of nitrogens with zero attached hydrogens (tertiary/aromatic N) is 6. The first-order chi connectivity index (χ1) is 19.0. The molecule has 1 aromatic carbocycles. The first-order valence-electron chi connectivity index (χ1n) is 13.2. The molecular weight excluding hydrogens is 536 g/mol. The molecule has 40 heavy (non-hydrogen) atoms. The fourth-order valence-electron chi connectivity index (χ4n) is 5.22. The zero-order valence-corrected chi connectivity index (χ0v) is 23.8. The van der Waals surface area contributed by atoms with Crippen LogP contribution in [0.5, 0.6) is 0 Å². The van der Waals surface area contributed by atoms with Crippen LogP contribution in [0.1, 0.15) is 23.2 Å². The zero-order valence-electron chi connectivity index (χ0n) is 23.0. The lowest BCUT2D eigenvalue weighted by Crippen LogP contribution is -2.57. The van der Waals surface area contributed by atoms with Gasteiger partial charge in [-0.25, -0.2) is 14.6 Å². The molecule has 4 heterocycles. The Morgan fingerprint density at radius 1 is 1.18 bits per heavy atom. The molecule has 1 N–H and O–H groups in total. The number of halogens is 1. The van der Waals surface area contributed by atoms with E-state index < -0.39 is 17.5 Å². The number of hydrogen-bond acceptors (Lipinski definition) is 8. The molecule has 5 rings (SSSR count). The van der Waals surface area contributed by atoms with Crippen molar-refractivity contribution in [1.82, 2.24) is 19.4 Å². The maximum atomic E-state index is 13.2. The summed E-state index contributed by atoms with van der Waals surface area (Å²) in [5.74, 6) is -0.482. The molecule has 0 unspecified atom stereocenters. The smallest absolute Gasteiger partial charge is 0.409 e. The Labute approximate surface area is 237 Å². The van der Waals surface area contributed by atoms with Crippen molar-refractivity contribution in [3.8, 4) is 5.69 Å². The van der Waals surface area contributed by atoms with Gasteiger partial charge in [-0.05, 0) is 51.2 Å². The van der Waals surface area contributed by atoms with Crippen molar-refractivity contribution in [3.63, 3.8) is 0 Å². The molecule has 3 aromatic rings. The second-order valence-electron chi connectivity index (χ2n) is 10.7. The van der Waals surface area contributed by atoms with Gasteiger partial charge >= 0.3 is 12.1 Å². The van der Waals surface area contributed by atoms with Crippen LogP contribution in [0.3, 0.4) is 0 Å². The number of carboxylic acids is 1. The van der Waals surface area contributed by atoms with E-state index in [1.54, 1.807) is 24.9 Å². The normalized spacial score (nSPS) is 17.4. The summed E-state index contributed by atoms with van der Waals surface area (Å²) in [5.41, 5.74) is 0.855. The van der Waals surface area contributed by atoms with Gasteiger partial charge in [-0.15, -0.1) is 0 Å². The van der Waals surface area contributed by atoms with E-state index in [9.17, 15) is 19.5 Å². The molecule has 11 nitrogen and oxygen atoms in total. The van der Waals surface area contributed by atoms with Gasteiger partial charge in [0.1, 0.15) is 18.0 Å². The molecule has 2 saturated heterocycles. The van der Waals surface area contributed by atoms with Gasteiger partial charge in [0, 0.05) is 51.4 Å². The Bertz CT molecular complexity index is 1500. The van der Waals surface area contributed by atoms with Crippen LogP contribution in [0.4, 0.5) is 16.3 Å². The molecule has 212 valence electrons. The van der Waals surface area contributed by atoms with Crippen molar-refractivity contribution in [2.75, 3.05) is 64.2 Å². The van der Waals surface area contributed by atoms with Gasteiger partial charge in [0.2, 0.25) is 5.43 Å². The molecule has 12 heteroatoms. The van der Waals surface area contributed by atoms with Gasteiger partial charge in [0.05, 0.1) is 34.2 Å². The van der Waals surface area contributed by atoms with E-state index in [1.807, 2.05) is 18.2 Å². The van der Waals surface area contributed by atoms with E-state index in [0.29, 0.717) is 34.5 Å². The highest BCUT2D eigenvalue weighted by Gasteiger charge is 2.30. The first-order valence-corrected chi connectivity index (χ1v) is 13.5. The highest BCUT2D eigenvalue weighted by atomic mass is 35.5. The Kier molecular flexibility index (Phi) is 7.61. The molecule has 2 fully saturated rings. The summed E-state index contributed by atoms with van der Waals surface area (Å²) in [5, 5.41) is 10.3. The number of anilines is 2. The third-order valence-electron chi connectivity index (χ3n) is 7.68. The van der Waals surface area contributed by atoms with E-state index in [4.69, 9.17) is 16.3 Å². The van der Waals surface area contributed by atoms with Gasteiger partial charge < -0.3 is 34.0 Å². The number of fused-ring (bicyclic) bond motifs is 1. The number of carboxylic acid groups (broad SMARTS) is 1. The number of rotatable bonds is 7. The fourth-order valence-corrected chi connectivity index (χ4v) is 5.49. The van der Waals surface area contributed by atoms with Crippen LogP contribution < -0.4 is 15.2 Å². The van der Waals surface area contributed by atoms with Gasteiger partial charge in [-0.2, -0.15) is 0 Å². The fraction of sp³-hybridized carbons (Fsp3) is 0.429. The minimum Gasteiger partial charge on any atom is -0.477 e. The average molecular weight is 569 g/mol. The monoisotopic (exact) mass is 568 g/mol. The number of carbonyl (C=O) groups is 2. The quantitative estimate of drug-likeness (QED) is 0.459. The molecule has 0 saturated carbocycles. The van der Waals surface area contributed by atoms with Crippen LogP contribution in [0, 0.1) is 0 Å². The SMILES string of the molecule is CN(C)C(=O)OC[C@H]1CCCN1c1cc2c(cc1Cl)c(=O)c(C(=O)O)cn2-c1ccc(N2CC(N(C)C)C2)nc1. The molecule has 0 radical (unpaired) electrons. The topological polar surface area (TPSA) is 111 Å². The third kappa shape index (κ3) is 5.18. The van der Waals surface area contributed by atoms with Crippen LogP contribution in [-0.2, 0) is 4.74 Å². The maximum absolute atomic E-state index is 13.2. The standard InChI is InChI=1S/C28H33ClN6O5/c1-31(2)19-13-33(14-19)25-8-7-17(12-30-25)35-15-21(27(37)38)26(36)20-10-22(29)24(11-23(20)35)34-9-5-6-18(34)16-40-28(39)32(3)4/h7-8,10-12,15,18-19H,5-6,9,13-14,16H2,1-4H3,(H,37,38)/t18-/m1/s1. The molecule has 2 aliphatic heterocycles. The number of pyridine rings is 2. The van der Waals surface area contributed by atoms with Crippen LogP contribution in [0.15, 0.2) is 41.5 Å². The predicted octanol–water partition coefficient (Wildman–Crippen LogP) is 3.15. The minimum absolute atomic E-state index is 0.0826. The van der Waals surface area contributed by atoms with Crippen molar-refractivity contribution in [2.45, 2.75) is 24.9 Å². The van der Waals surface area contributed by atoms with Crippen molar-refractivity contribution in [1.29, 1.82) is 0 Å². The average Bonchev–Trinajstić information content (AvgIpc) is 3.35. The molecule has 1 atom stereocenters. The third-order valence-corrected chi connectivity index (χ3v) is 7.98. The maximum Gasteiger partial charge on any atom is 0.409 e. The number of likely N-dealkylation sites (N-methyl/N-ethyl adjacent to an activating group) is 1. The summed E-state index contributed by atoms with van der Waals surface area (Å²) in [6.07, 6.45) is 4.31. The Balaban J connectivity index is 1.53. The van der Waals surface area contributed by atoms with Crippen molar-refractivity contribution in [3.05, 3.63) is 57.5 Å². The van der Waals surface area contributed by atoms with Gasteiger partial charge in [-0.1, -0.05) is 11.6 Å². The molecule has 0 bridgehead atoms. The van der Waals surface area contributed by atoms with Crippen molar-refractivity contribution < 1.29 is 19.4 Å². The Morgan fingerprint density at radius 3 is 2.55 bits per heavy atom. The number of carbonyl (C=O) groups excluding carboxylic acids is 1. The van der Waals surface area contributed by atoms with E-state index in [1.165, 1.54) is 17.2 Å². The van der Waals surface area contributed by atoms with Crippen molar-refractivity contribution >= 4 is 46.1 Å². The van der Waals surface area contributed by atoms with Gasteiger partial charge in [0.25, 0.3) is 0 Å². The molecule has 0 aliphatic carbocycles. The first kappa shape index (κ1) is 27.7. The van der Waals surface area contributed by atoms with Gasteiger partial charge in [0.15, 0.2) is 0 Å². The summed E-state index contributed by atoms with van der Waals surface area (Å²) in [4.78, 5) is 49.6. The summed E-state index contributed by atoms with van der Waals surface area (Å²) in [6.45, 7) is 2.66. The minimum atomic E-state index is -1.32. The van der Waals surface area contributed by atoms with Gasteiger partial charge in [-0.3, -0.25) is 4.79 Å². The number of amides is 1. The molecule has 2 aliphatic rings. The lowest BCUT2D eigenvalue weighted by molar-refractivity contribution is 0.0695. The molecule has 0 spiro atoms. The largest absolute Gasteiger partial charge is 0.477 e. The lowest BCUT2D eigenvalue weighted by Gasteiger charge is -2.43. The second-order valence-corrected chi connectivity index (χ2v) is 11.1. The predicted molar refractivity (Wildman–Crippen MR) is 154 cm³/mol. The van der Waals surface area contributed by atoms with Crippen LogP contribution in [-0.4, -0.2) is 103 Å². The summed E-state index contributed by atoms with van der Waals surface area (Å²) in [6, 6.07) is 7.50. The zero-order chi connectivity index (χ0) is 28.7. The van der Waals surface area contributed by atoms with Crippen LogP contribution >= 0.6 is 11.6 Å². The number of aromatic nitrogens is 2. The van der Waals surface area contributed by atoms with E-state index in [0.717, 1.165) is 31.7 Å². The number of hydrogen-bond donors (Lipinski definition) is 1. The Morgan fingerprint density at radius 2 is 1.93 bits per heavy atom. The van der Waals surface area contributed by atoms with E-state index in [2.05, 4.69) is 33.8 Å². The van der Waals surface area contributed by atoms with E-state index >= 15 is 0 Å². The number of aromatic carboxylic acids is 1. The summed E-state index contributed by atoms with van der Waals surface area (Å²) >= 11 is 6.70. The van der Waals surface area contributed by atoms with Crippen LogP contribution in [0.2, 0.25) is 5.02 Å². The highest BCUT2D eigenvalue weighted by molar-refractivity contribution is 6.34. The van der Waals surface area contributed by atoms with E-state index in [-0.39, 0.29) is 23.6 Å². The molecular formula is C28H33ClN6O5. The summed E-state index contributed by atoms with van der Waals surface area (Å²) < 4.78 is 7.12. The Hall–Kier alpha value is -3.83. The molecule has 2 aromatic heterocycles. The number of ether oxygens (including phenoxy) is 1. The summed E-state index contributed by atoms with van der Waals surface area (Å²) in [7, 11) is 7.37. The lowest BCUT2D eigenvalue weighted by atomic mass is 10.1. The number of benzene rings is 1. The molecule has 1 amide bonds. The van der Waals surface area contributed by atoms with Crippen molar-refractivity contribution in [2.24, 2.45) is 0 Å².